The van der Waals surface area contributed by atoms with Gasteiger partial charge in [-0.25, -0.2) is 0 Å². The number of rotatable bonds is 39. The Morgan fingerprint density at radius 1 is 0.540 bits per heavy atom. The van der Waals surface area contributed by atoms with Crippen molar-refractivity contribution in [2.24, 2.45) is 0 Å². The second kappa shape index (κ2) is 36.4. The van der Waals surface area contributed by atoms with Crippen LogP contribution in [0.1, 0.15) is 226 Å². The van der Waals surface area contributed by atoms with E-state index >= 15 is 0 Å². The summed E-state index contributed by atoms with van der Waals surface area (Å²) in [5.41, 5.74) is 0. The highest BCUT2D eigenvalue weighted by molar-refractivity contribution is 7.85. The molecule has 4 N–H and O–H groups in total. The smallest absolute Gasteiger partial charge is 0.267 e. The number of aliphatic hydroxyl groups excluding tert-OH is 2. The van der Waals surface area contributed by atoms with Crippen LogP contribution in [0.4, 0.5) is 0 Å². The Morgan fingerprint density at radius 3 is 1.20 bits per heavy atom. The molecule has 0 aromatic rings. The van der Waals surface area contributed by atoms with Crippen LogP contribution in [0.5, 0.6) is 0 Å². The first-order chi connectivity index (χ1) is 24.2. The Hall–Kier alpha value is -0.960. The summed E-state index contributed by atoms with van der Waals surface area (Å²) in [5.74, 6) is -1.52. The Morgan fingerprint density at radius 2 is 0.860 bits per heavy atom. The van der Waals surface area contributed by atoms with Gasteiger partial charge in [0.15, 0.2) is 0 Å². The minimum atomic E-state index is -4.44. The SMILES string of the molecule is CCCCCCCCCCCCCC/C=C/C(O)C(CS(=O)(=O)O)NC(=O)C(O)CCCCCCCCCCCCCCCCCCCCC. The van der Waals surface area contributed by atoms with Gasteiger partial charge in [-0.15, -0.1) is 0 Å². The standard InChI is InChI=1S/C42H83NO6S/c1-3-5-7-9-11-13-15-17-19-20-21-22-23-25-27-29-31-33-35-37-41(45)42(46)43-39(38-50(47,48)49)40(44)36-34-32-30-28-26-24-18-16-14-12-10-8-6-4-2/h34,36,39-41,44-45H,3-33,35,37-38H2,1-2H3,(H,43,46)(H,47,48,49)/b36-34+. The van der Waals surface area contributed by atoms with E-state index in [-0.39, 0.29) is 6.42 Å². The maximum absolute atomic E-state index is 12.6. The summed E-state index contributed by atoms with van der Waals surface area (Å²) in [4.78, 5) is 12.6. The number of aliphatic hydroxyl groups is 2. The van der Waals surface area contributed by atoms with E-state index in [0.29, 0.717) is 6.42 Å². The van der Waals surface area contributed by atoms with E-state index in [2.05, 4.69) is 19.2 Å². The van der Waals surface area contributed by atoms with Crippen molar-refractivity contribution < 1.29 is 28.0 Å². The van der Waals surface area contributed by atoms with E-state index in [9.17, 15) is 28.0 Å². The molecule has 0 aliphatic heterocycles. The molecule has 0 aromatic carbocycles. The van der Waals surface area contributed by atoms with Crippen LogP contribution in [0.25, 0.3) is 0 Å². The summed E-state index contributed by atoms with van der Waals surface area (Å²) in [7, 11) is -4.44. The Labute approximate surface area is 310 Å². The molecular weight excluding hydrogens is 647 g/mol. The third kappa shape index (κ3) is 35.4. The fraction of sp³-hybridized carbons (Fsp3) is 0.929. The first kappa shape index (κ1) is 49.0. The zero-order chi connectivity index (χ0) is 37.0. The van der Waals surface area contributed by atoms with Crippen LogP contribution < -0.4 is 5.32 Å². The average molecular weight is 730 g/mol. The molecule has 0 saturated carbocycles. The van der Waals surface area contributed by atoms with Crippen molar-refractivity contribution in [3.05, 3.63) is 12.2 Å². The molecule has 7 nitrogen and oxygen atoms in total. The topological polar surface area (TPSA) is 124 Å². The number of amides is 1. The van der Waals surface area contributed by atoms with Crippen molar-refractivity contribution >= 4 is 16.0 Å². The van der Waals surface area contributed by atoms with Crippen LogP contribution in [0.3, 0.4) is 0 Å². The van der Waals surface area contributed by atoms with E-state index in [0.717, 1.165) is 38.5 Å². The maximum Gasteiger partial charge on any atom is 0.267 e. The van der Waals surface area contributed by atoms with Gasteiger partial charge in [0.25, 0.3) is 10.1 Å². The van der Waals surface area contributed by atoms with Gasteiger partial charge in [-0.2, -0.15) is 8.42 Å². The second-order valence-corrected chi connectivity index (χ2v) is 16.6. The molecule has 1 amide bonds. The highest BCUT2D eigenvalue weighted by Gasteiger charge is 2.27. The predicted octanol–water partition coefficient (Wildman–Crippen LogP) is 11.6. The number of allylic oxidation sites excluding steroid dienone is 1. The maximum atomic E-state index is 12.6. The number of hydrogen-bond acceptors (Lipinski definition) is 5. The van der Waals surface area contributed by atoms with Crippen molar-refractivity contribution in [1.29, 1.82) is 0 Å². The van der Waals surface area contributed by atoms with Gasteiger partial charge in [0.05, 0.1) is 17.9 Å². The first-order valence-corrected chi connectivity index (χ1v) is 23.1. The van der Waals surface area contributed by atoms with Gasteiger partial charge in [0, 0.05) is 0 Å². The molecule has 0 radical (unpaired) electrons. The lowest BCUT2D eigenvalue weighted by Crippen LogP contribution is -2.50. The monoisotopic (exact) mass is 730 g/mol. The van der Waals surface area contributed by atoms with Crippen LogP contribution in [0, 0.1) is 0 Å². The molecule has 0 rings (SSSR count). The van der Waals surface area contributed by atoms with Gasteiger partial charge in [-0.1, -0.05) is 219 Å². The third-order valence-electron chi connectivity index (χ3n) is 10.1. The van der Waals surface area contributed by atoms with Gasteiger partial charge in [-0.3, -0.25) is 9.35 Å². The minimum Gasteiger partial charge on any atom is -0.387 e. The molecule has 50 heavy (non-hydrogen) atoms. The summed E-state index contributed by atoms with van der Waals surface area (Å²) >= 11 is 0. The molecule has 8 heteroatoms. The van der Waals surface area contributed by atoms with Gasteiger partial charge < -0.3 is 15.5 Å². The lowest BCUT2D eigenvalue weighted by molar-refractivity contribution is -0.130. The normalized spacial score (nSPS) is 13.9. The summed E-state index contributed by atoms with van der Waals surface area (Å²) < 4.78 is 32.5. The van der Waals surface area contributed by atoms with Crippen molar-refractivity contribution in [1.82, 2.24) is 5.32 Å². The van der Waals surface area contributed by atoms with E-state index in [1.54, 1.807) is 6.08 Å². The Bertz CT molecular complexity index is 864. The van der Waals surface area contributed by atoms with Crippen molar-refractivity contribution in [3.63, 3.8) is 0 Å². The number of hydrogen-bond donors (Lipinski definition) is 4. The van der Waals surface area contributed by atoms with Crippen molar-refractivity contribution in [2.45, 2.75) is 244 Å². The van der Waals surface area contributed by atoms with Crippen LogP contribution in [-0.2, 0) is 14.9 Å². The second-order valence-electron chi connectivity index (χ2n) is 15.1. The molecule has 0 aliphatic rings. The van der Waals surface area contributed by atoms with E-state index in [1.807, 2.05) is 0 Å². The van der Waals surface area contributed by atoms with Gasteiger partial charge in [0.1, 0.15) is 6.10 Å². The van der Waals surface area contributed by atoms with Gasteiger partial charge >= 0.3 is 0 Å². The van der Waals surface area contributed by atoms with Gasteiger partial charge in [0.2, 0.25) is 5.91 Å². The molecule has 0 saturated heterocycles. The molecule has 0 spiro atoms. The van der Waals surface area contributed by atoms with Crippen LogP contribution >= 0.6 is 0 Å². The van der Waals surface area contributed by atoms with E-state index in [1.165, 1.54) is 167 Å². The molecule has 0 aliphatic carbocycles. The van der Waals surface area contributed by atoms with Crippen molar-refractivity contribution in [3.8, 4) is 0 Å². The van der Waals surface area contributed by atoms with Crippen LogP contribution in [-0.4, -0.2) is 53.1 Å². The molecular formula is C42H83NO6S. The predicted molar refractivity (Wildman–Crippen MR) is 213 cm³/mol. The first-order valence-electron chi connectivity index (χ1n) is 21.5. The summed E-state index contributed by atoms with van der Waals surface area (Å²) in [6, 6.07) is -1.23. The quantitative estimate of drug-likeness (QED) is 0.0284. The zero-order valence-corrected chi connectivity index (χ0v) is 33.7. The molecule has 0 aromatic heterocycles. The summed E-state index contributed by atoms with van der Waals surface area (Å²) in [6.07, 6.45) is 41.2. The third-order valence-corrected chi connectivity index (χ3v) is 10.9. The summed E-state index contributed by atoms with van der Waals surface area (Å²) in [6.45, 7) is 4.52. The molecule has 3 unspecified atom stereocenters. The lowest BCUT2D eigenvalue weighted by atomic mass is 10.0. The molecule has 3 atom stereocenters. The number of carbonyl (C=O) groups excluding carboxylic acids is 1. The Balaban J connectivity index is 3.96. The largest absolute Gasteiger partial charge is 0.387 e. The number of unbranched alkanes of at least 4 members (excludes halogenated alkanes) is 30. The molecule has 0 fully saturated rings. The molecule has 298 valence electrons. The van der Waals surface area contributed by atoms with Crippen LogP contribution in [0.15, 0.2) is 12.2 Å². The Kier molecular flexibility index (Phi) is 35.7. The lowest BCUT2D eigenvalue weighted by Gasteiger charge is -2.22. The van der Waals surface area contributed by atoms with E-state index < -0.39 is 40.0 Å². The van der Waals surface area contributed by atoms with Crippen molar-refractivity contribution in [2.75, 3.05) is 5.75 Å². The number of carbonyl (C=O) groups is 1. The fourth-order valence-electron chi connectivity index (χ4n) is 6.75. The zero-order valence-electron chi connectivity index (χ0n) is 32.9. The summed E-state index contributed by atoms with van der Waals surface area (Å²) in [5, 5.41) is 23.4. The highest BCUT2D eigenvalue weighted by atomic mass is 32.2. The highest BCUT2D eigenvalue weighted by Crippen LogP contribution is 2.16. The van der Waals surface area contributed by atoms with Crippen LogP contribution in [0.2, 0.25) is 0 Å². The van der Waals surface area contributed by atoms with E-state index in [4.69, 9.17) is 0 Å². The minimum absolute atomic E-state index is 0.286. The fourth-order valence-corrected chi connectivity index (χ4v) is 7.49. The average Bonchev–Trinajstić information content (AvgIpc) is 3.08. The molecule has 0 heterocycles. The number of nitrogens with one attached hydrogen (secondary N) is 1. The van der Waals surface area contributed by atoms with Gasteiger partial charge in [-0.05, 0) is 19.3 Å². The molecule has 0 bridgehead atoms.